The summed E-state index contributed by atoms with van der Waals surface area (Å²) in [6.45, 7) is 6.59. The van der Waals surface area contributed by atoms with Gasteiger partial charge in [0.15, 0.2) is 5.65 Å². The standard InChI is InChI=1S/C21H26N6O3/c1-4-6-11-19-24-17-12-16(25-21(28)22-5-2)14(3)23-20(17)26(19)13-15-9-7-8-10-18(15)27(29)30/h7-10,12H,4-6,11,13H2,1-3H3,(H2,22,25,28). The summed E-state index contributed by atoms with van der Waals surface area (Å²) in [5.74, 6) is 0.826. The predicted molar refractivity (Wildman–Crippen MR) is 116 cm³/mol. The van der Waals surface area contributed by atoms with Crippen LogP contribution >= 0.6 is 0 Å². The number of nitro groups is 1. The fourth-order valence-corrected chi connectivity index (χ4v) is 3.32. The van der Waals surface area contributed by atoms with E-state index in [1.54, 1.807) is 24.3 Å². The van der Waals surface area contributed by atoms with Crippen LogP contribution in [0.25, 0.3) is 11.2 Å². The molecule has 158 valence electrons. The molecule has 3 rings (SSSR count). The van der Waals surface area contributed by atoms with Gasteiger partial charge in [0.1, 0.15) is 11.3 Å². The number of benzene rings is 1. The molecule has 2 aromatic heterocycles. The Balaban J connectivity index is 2.06. The number of nitro benzene ring substituents is 1. The molecule has 0 radical (unpaired) electrons. The Labute approximate surface area is 174 Å². The molecule has 9 heteroatoms. The van der Waals surface area contributed by atoms with Crippen LogP contribution in [-0.4, -0.2) is 32.0 Å². The summed E-state index contributed by atoms with van der Waals surface area (Å²) in [5, 5.41) is 16.9. The highest BCUT2D eigenvalue weighted by Gasteiger charge is 2.19. The molecule has 0 saturated carbocycles. The number of hydrogen-bond acceptors (Lipinski definition) is 5. The van der Waals surface area contributed by atoms with Crippen LogP contribution in [0.2, 0.25) is 0 Å². The van der Waals surface area contributed by atoms with Gasteiger partial charge in [0.25, 0.3) is 5.69 Å². The van der Waals surface area contributed by atoms with E-state index in [-0.39, 0.29) is 16.6 Å². The van der Waals surface area contributed by atoms with Gasteiger partial charge in [-0.05, 0) is 26.3 Å². The molecular formula is C21H26N6O3. The number of fused-ring (bicyclic) bond motifs is 1. The highest BCUT2D eigenvalue weighted by atomic mass is 16.6. The van der Waals surface area contributed by atoms with Gasteiger partial charge in [0.2, 0.25) is 0 Å². The van der Waals surface area contributed by atoms with Crippen LogP contribution in [0.5, 0.6) is 0 Å². The molecule has 0 aliphatic heterocycles. The Morgan fingerprint density at radius 1 is 1.23 bits per heavy atom. The zero-order chi connectivity index (χ0) is 21.7. The van der Waals surface area contributed by atoms with E-state index in [4.69, 9.17) is 4.98 Å². The maximum absolute atomic E-state index is 11.9. The van der Waals surface area contributed by atoms with Gasteiger partial charge in [0, 0.05) is 24.6 Å². The third-order valence-electron chi connectivity index (χ3n) is 4.85. The van der Waals surface area contributed by atoms with E-state index in [0.29, 0.717) is 41.2 Å². The Hall–Kier alpha value is -3.49. The number of aryl methyl sites for hydroxylation is 2. The predicted octanol–water partition coefficient (Wildman–Crippen LogP) is 4.18. The number of carbonyl (C=O) groups is 1. The second kappa shape index (κ2) is 9.34. The van der Waals surface area contributed by atoms with E-state index in [2.05, 4.69) is 22.5 Å². The van der Waals surface area contributed by atoms with Crippen molar-refractivity contribution in [2.75, 3.05) is 11.9 Å². The summed E-state index contributed by atoms with van der Waals surface area (Å²) in [6, 6.07) is 8.22. The summed E-state index contributed by atoms with van der Waals surface area (Å²) < 4.78 is 1.94. The first kappa shape index (κ1) is 21.2. The van der Waals surface area contributed by atoms with Crippen molar-refractivity contribution in [3.8, 4) is 0 Å². The normalized spacial score (nSPS) is 10.9. The van der Waals surface area contributed by atoms with Gasteiger partial charge >= 0.3 is 6.03 Å². The van der Waals surface area contributed by atoms with Crippen LogP contribution in [-0.2, 0) is 13.0 Å². The average Bonchev–Trinajstić information content (AvgIpc) is 3.03. The molecule has 9 nitrogen and oxygen atoms in total. The van der Waals surface area contributed by atoms with Crippen molar-refractivity contribution >= 4 is 28.6 Å². The number of nitrogens with zero attached hydrogens (tertiary/aromatic N) is 4. The topological polar surface area (TPSA) is 115 Å². The summed E-state index contributed by atoms with van der Waals surface area (Å²) in [5.41, 5.74) is 3.22. The first-order valence-electron chi connectivity index (χ1n) is 10.1. The molecule has 0 atom stereocenters. The average molecular weight is 410 g/mol. The molecule has 2 N–H and O–H groups in total. The molecule has 1 aromatic carbocycles. The minimum atomic E-state index is -0.368. The van der Waals surface area contributed by atoms with Crippen molar-refractivity contribution in [2.24, 2.45) is 0 Å². The monoisotopic (exact) mass is 410 g/mol. The van der Waals surface area contributed by atoms with Gasteiger partial charge in [-0.3, -0.25) is 10.1 Å². The van der Waals surface area contributed by atoms with Crippen LogP contribution in [0.3, 0.4) is 0 Å². The summed E-state index contributed by atoms with van der Waals surface area (Å²) in [4.78, 5) is 32.4. The maximum Gasteiger partial charge on any atom is 0.319 e. The number of amides is 2. The third-order valence-corrected chi connectivity index (χ3v) is 4.85. The third kappa shape index (κ3) is 4.56. The zero-order valence-electron chi connectivity index (χ0n) is 17.4. The maximum atomic E-state index is 11.9. The van der Waals surface area contributed by atoms with Crippen molar-refractivity contribution in [3.05, 3.63) is 57.5 Å². The molecule has 0 spiro atoms. The molecule has 3 aromatic rings. The number of pyridine rings is 1. The Bertz CT molecular complexity index is 1080. The Kier molecular flexibility index (Phi) is 6.61. The van der Waals surface area contributed by atoms with Crippen LogP contribution in [0.1, 0.15) is 43.8 Å². The SMILES string of the molecule is CCCCc1nc2cc(NC(=O)NCC)c(C)nc2n1Cc1ccccc1[N+](=O)[O-]. The van der Waals surface area contributed by atoms with E-state index >= 15 is 0 Å². The van der Waals surface area contributed by atoms with Gasteiger partial charge in [0.05, 0.1) is 22.8 Å². The minimum Gasteiger partial charge on any atom is -0.338 e. The molecule has 0 fully saturated rings. The van der Waals surface area contributed by atoms with E-state index < -0.39 is 0 Å². The van der Waals surface area contributed by atoms with Crippen LogP contribution in [0, 0.1) is 17.0 Å². The van der Waals surface area contributed by atoms with Crippen LogP contribution in [0.4, 0.5) is 16.2 Å². The van der Waals surface area contributed by atoms with E-state index in [9.17, 15) is 14.9 Å². The summed E-state index contributed by atoms with van der Waals surface area (Å²) in [6.07, 6.45) is 2.69. The number of carbonyl (C=O) groups excluding carboxylic acids is 1. The highest BCUT2D eigenvalue weighted by molar-refractivity contribution is 5.92. The summed E-state index contributed by atoms with van der Waals surface area (Å²) in [7, 11) is 0. The number of anilines is 1. The van der Waals surface area contributed by atoms with Crippen molar-refractivity contribution in [1.29, 1.82) is 0 Å². The molecule has 30 heavy (non-hydrogen) atoms. The van der Waals surface area contributed by atoms with Crippen molar-refractivity contribution in [1.82, 2.24) is 19.9 Å². The lowest BCUT2D eigenvalue weighted by Crippen LogP contribution is -2.28. The lowest BCUT2D eigenvalue weighted by atomic mass is 10.1. The van der Waals surface area contributed by atoms with Crippen molar-refractivity contribution in [2.45, 2.75) is 46.6 Å². The molecular weight excluding hydrogens is 384 g/mol. The summed E-state index contributed by atoms with van der Waals surface area (Å²) >= 11 is 0. The second-order valence-corrected chi connectivity index (χ2v) is 7.05. The van der Waals surface area contributed by atoms with Gasteiger partial charge in [-0.25, -0.2) is 14.8 Å². The molecule has 0 unspecified atom stereocenters. The number of unbranched alkanes of at least 4 members (excludes halogenated alkanes) is 1. The largest absolute Gasteiger partial charge is 0.338 e. The Morgan fingerprint density at radius 3 is 2.70 bits per heavy atom. The number of nitrogens with one attached hydrogen (secondary N) is 2. The number of rotatable bonds is 8. The first-order valence-corrected chi connectivity index (χ1v) is 10.1. The van der Waals surface area contributed by atoms with E-state index in [0.717, 1.165) is 25.1 Å². The first-order chi connectivity index (χ1) is 14.4. The Morgan fingerprint density at radius 2 is 2.00 bits per heavy atom. The number of urea groups is 1. The van der Waals surface area contributed by atoms with Gasteiger partial charge < -0.3 is 15.2 Å². The smallest absolute Gasteiger partial charge is 0.319 e. The highest BCUT2D eigenvalue weighted by Crippen LogP contribution is 2.26. The van der Waals surface area contributed by atoms with Crippen molar-refractivity contribution < 1.29 is 9.72 Å². The fraction of sp³-hybridized carbons (Fsp3) is 0.381. The number of hydrogen-bond donors (Lipinski definition) is 2. The quantitative estimate of drug-likeness (QED) is 0.427. The molecule has 2 amide bonds. The lowest BCUT2D eigenvalue weighted by Gasteiger charge is -2.11. The molecule has 0 saturated heterocycles. The van der Waals surface area contributed by atoms with Crippen LogP contribution in [0.15, 0.2) is 30.3 Å². The molecule has 2 heterocycles. The van der Waals surface area contributed by atoms with Gasteiger partial charge in [-0.2, -0.15) is 0 Å². The van der Waals surface area contributed by atoms with E-state index in [1.807, 2.05) is 18.4 Å². The lowest BCUT2D eigenvalue weighted by molar-refractivity contribution is -0.385. The van der Waals surface area contributed by atoms with E-state index in [1.165, 1.54) is 6.07 Å². The number of imidazole rings is 1. The molecule has 0 aliphatic carbocycles. The van der Waals surface area contributed by atoms with Crippen LogP contribution < -0.4 is 10.6 Å². The van der Waals surface area contributed by atoms with Gasteiger partial charge in [-0.1, -0.05) is 31.5 Å². The molecule has 0 aliphatic rings. The fourth-order valence-electron chi connectivity index (χ4n) is 3.32. The van der Waals surface area contributed by atoms with Gasteiger partial charge in [-0.15, -0.1) is 0 Å². The van der Waals surface area contributed by atoms with Crippen molar-refractivity contribution in [3.63, 3.8) is 0 Å². The zero-order valence-corrected chi connectivity index (χ0v) is 17.4. The minimum absolute atomic E-state index is 0.0760. The molecule has 0 bridgehead atoms. The second-order valence-electron chi connectivity index (χ2n) is 7.05. The number of aromatic nitrogens is 3. The number of para-hydroxylation sites is 1.